The number of aromatic nitrogens is 2. The molecule has 1 saturated heterocycles. The fraction of sp³-hybridized carbons (Fsp3) is 0.452. The van der Waals surface area contributed by atoms with Crippen molar-refractivity contribution in [2.24, 2.45) is 5.92 Å². The molecule has 1 aliphatic heterocycles. The molecule has 2 heterocycles. The minimum absolute atomic E-state index is 0.0839. The van der Waals surface area contributed by atoms with Gasteiger partial charge in [-0.2, -0.15) is 26.3 Å². The summed E-state index contributed by atoms with van der Waals surface area (Å²) < 4.78 is 87.2. The quantitative estimate of drug-likeness (QED) is 0.225. The molecule has 0 atom stereocenters. The molecule has 0 saturated carbocycles. The summed E-state index contributed by atoms with van der Waals surface area (Å²) in [7, 11) is 1.58. The van der Waals surface area contributed by atoms with Crippen molar-refractivity contribution in [2.45, 2.75) is 45.2 Å². The van der Waals surface area contributed by atoms with E-state index < -0.39 is 35.4 Å². The van der Waals surface area contributed by atoms with Crippen molar-refractivity contribution in [1.82, 2.24) is 9.97 Å². The van der Waals surface area contributed by atoms with E-state index >= 15 is 0 Å². The van der Waals surface area contributed by atoms with Crippen LogP contribution in [-0.2, 0) is 35.0 Å². The Morgan fingerprint density at radius 1 is 0.956 bits per heavy atom. The van der Waals surface area contributed by atoms with Crippen molar-refractivity contribution in [1.29, 1.82) is 0 Å². The SMILES string of the molecule is CCN(CCOC)c1ccccc1CN(Cc1cc(C(F)(F)F)cc(C(F)(F)F)c1)c1ncc(N2CCC(C(=O)O)CC2)cn1. The van der Waals surface area contributed by atoms with Crippen LogP contribution < -0.4 is 14.7 Å². The summed E-state index contributed by atoms with van der Waals surface area (Å²) in [6.45, 7) is 4.32. The monoisotopic (exact) mass is 639 g/mol. The zero-order chi connectivity index (χ0) is 32.8. The Bertz CT molecular complexity index is 1390. The maximum absolute atomic E-state index is 13.7. The standard InChI is InChI=1S/C31H35F6N5O3/c1-3-40(12-13-45-2)27-7-5-4-6-23(27)20-42(19-21-14-24(30(32,33)34)16-25(15-21)31(35,36)37)29-38-17-26(18-39-29)41-10-8-22(9-11-41)28(43)44/h4-7,14-18,22H,3,8-13,19-20H2,1-2H3,(H,43,44). The Kier molecular flexibility index (Phi) is 10.8. The number of nitrogens with zero attached hydrogens (tertiary/aromatic N) is 5. The van der Waals surface area contributed by atoms with Crippen LogP contribution in [0.1, 0.15) is 42.0 Å². The highest BCUT2D eigenvalue weighted by Gasteiger charge is 2.37. The van der Waals surface area contributed by atoms with E-state index in [0.29, 0.717) is 63.4 Å². The van der Waals surface area contributed by atoms with Gasteiger partial charge in [0.25, 0.3) is 0 Å². The van der Waals surface area contributed by atoms with Gasteiger partial charge in [0.15, 0.2) is 0 Å². The van der Waals surface area contributed by atoms with Crippen LogP contribution in [0.25, 0.3) is 0 Å². The topological polar surface area (TPSA) is 82.0 Å². The van der Waals surface area contributed by atoms with Crippen molar-refractivity contribution in [3.05, 3.63) is 77.1 Å². The van der Waals surface area contributed by atoms with Crippen molar-refractivity contribution in [3.63, 3.8) is 0 Å². The van der Waals surface area contributed by atoms with Gasteiger partial charge in [0.05, 0.1) is 41.7 Å². The van der Waals surface area contributed by atoms with Gasteiger partial charge in [-0.05, 0) is 55.2 Å². The fourth-order valence-electron chi connectivity index (χ4n) is 5.36. The largest absolute Gasteiger partial charge is 0.481 e. The number of carboxylic acids is 1. The number of hydrogen-bond acceptors (Lipinski definition) is 7. The van der Waals surface area contributed by atoms with Gasteiger partial charge < -0.3 is 24.5 Å². The number of halogens is 6. The van der Waals surface area contributed by atoms with E-state index in [1.165, 1.54) is 12.4 Å². The molecule has 0 unspecified atom stereocenters. The third kappa shape index (κ3) is 8.77. The summed E-state index contributed by atoms with van der Waals surface area (Å²) >= 11 is 0. The molecule has 0 amide bonds. The average Bonchev–Trinajstić information content (AvgIpc) is 3.01. The summed E-state index contributed by atoms with van der Waals surface area (Å²) in [5.41, 5.74) is -0.763. The number of carbonyl (C=O) groups is 1. The Morgan fingerprint density at radius 3 is 2.09 bits per heavy atom. The number of hydrogen-bond donors (Lipinski definition) is 1. The first-order valence-electron chi connectivity index (χ1n) is 14.4. The summed E-state index contributed by atoms with van der Waals surface area (Å²) in [4.78, 5) is 25.8. The van der Waals surface area contributed by atoms with Crippen molar-refractivity contribution >= 4 is 23.3 Å². The van der Waals surface area contributed by atoms with Gasteiger partial charge in [-0.1, -0.05) is 18.2 Å². The van der Waals surface area contributed by atoms with E-state index in [-0.39, 0.29) is 30.7 Å². The number of alkyl halides is 6. The molecule has 14 heteroatoms. The highest BCUT2D eigenvalue weighted by atomic mass is 19.4. The second-order valence-electron chi connectivity index (χ2n) is 10.8. The van der Waals surface area contributed by atoms with Gasteiger partial charge in [-0.3, -0.25) is 4.79 Å². The molecule has 0 radical (unpaired) electrons. The van der Waals surface area contributed by atoms with Crippen LogP contribution >= 0.6 is 0 Å². The van der Waals surface area contributed by atoms with Gasteiger partial charge in [0, 0.05) is 52.1 Å². The molecule has 0 spiro atoms. The van der Waals surface area contributed by atoms with E-state index in [4.69, 9.17) is 4.74 Å². The highest BCUT2D eigenvalue weighted by Crippen LogP contribution is 2.37. The van der Waals surface area contributed by atoms with Crippen molar-refractivity contribution < 1.29 is 41.0 Å². The number of ether oxygens (including phenoxy) is 1. The molecule has 1 N–H and O–H groups in total. The minimum atomic E-state index is -4.98. The number of likely N-dealkylation sites (N-methyl/N-ethyl adjacent to an activating group) is 1. The lowest BCUT2D eigenvalue weighted by Gasteiger charge is -2.32. The lowest BCUT2D eigenvalue weighted by Crippen LogP contribution is -2.36. The van der Waals surface area contributed by atoms with Gasteiger partial charge in [-0.15, -0.1) is 0 Å². The number of aliphatic carboxylic acids is 1. The molecule has 0 bridgehead atoms. The second kappa shape index (κ2) is 14.4. The van der Waals surface area contributed by atoms with Crippen molar-refractivity contribution in [2.75, 3.05) is 54.6 Å². The molecule has 3 aromatic rings. The van der Waals surface area contributed by atoms with Crippen LogP contribution in [0.2, 0.25) is 0 Å². The normalized spacial score (nSPS) is 14.4. The van der Waals surface area contributed by atoms with Crippen LogP contribution in [0, 0.1) is 5.92 Å². The van der Waals surface area contributed by atoms with E-state index in [0.717, 1.165) is 11.3 Å². The first-order chi connectivity index (χ1) is 21.3. The van der Waals surface area contributed by atoms with E-state index in [1.807, 2.05) is 30.0 Å². The summed E-state index contributed by atoms with van der Waals surface area (Å²) in [5, 5.41) is 9.29. The Balaban J connectivity index is 1.71. The van der Waals surface area contributed by atoms with Crippen LogP contribution in [0.3, 0.4) is 0 Å². The molecule has 1 fully saturated rings. The summed E-state index contributed by atoms with van der Waals surface area (Å²) in [6.07, 6.45) is -5.99. The zero-order valence-electron chi connectivity index (χ0n) is 24.9. The fourth-order valence-corrected chi connectivity index (χ4v) is 5.36. The summed E-state index contributed by atoms with van der Waals surface area (Å²) in [6, 6.07) is 8.92. The minimum Gasteiger partial charge on any atom is -0.481 e. The lowest BCUT2D eigenvalue weighted by atomic mass is 9.97. The Labute approximate surface area is 257 Å². The van der Waals surface area contributed by atoms with Gasteiger partial charge in [-0.25, -0.2) is 9.97 Å². The maximum Gasteiger partial charge on any atom is 0.416 e. The average molecular weight is 640 g/mol. The molecular formula is C31H35F6N5O3. The number of carboxylic acid groups (broad SMARTS) is 1. The number of para-hydroxylation sites is 1. The van der Waals surface area contributed by atoms with Gasteiger partial charge in [0.2, 0.25) is 5.95 Å². The van der Waals surface area contributed by atoms with E-state index in [1.54, 1.807) is 18.1 Å². The van der Waals surface area contributed by atoms with Crippen LogP contribution in [-0.4, -0.2) is 60.9 Å². The molecule has 244 valence electrons. The van der Waals surface area contributed by atoms with Gasteiger partial charge >= 0.3 is 18.3 Å². The zero-order valence-corrected chi connectivity index (χ0v) is 24.9. The Hall–Kier alpha value is -4.07. The maximum atomic E-state index is 13.7. The number of piperidine rings is 1. The number of benzene rings is 2. The predicted molar refractivity (Wildman–Crippen MR) is 157 cm³/mol. The van der Waals surface area contributed by atoms with Crippen LogP contribution in [0.5, 0.6) is 0 Å². The van der Waals surface area contributed by atoms with Gasteiger partial charge in [0.1, 0.15) is 0 Å². The van der Waals surface area contributed by atoms with E-state index in [9.17, 15) is 36.2 Å². The molecule has 4 rings (SSSR count). The van der Waals surface area contributed by atoms with Crippen molar-refractivity contribution in [3.8, 4) is 0 Å². The lowest BCUT2D eigenvalue weighted by molar-refractivity contribution is -0.144. The number of methoxy groups -OCH3 is 1. The molecular weight excluding hydrogens is 604 g/mol. The molecule has 45 heavy (non-hydrogen) atoms. The smallest absolute Gasteiger partial charge is 0.416 e. The third-order valence-corrected chi connectivity index (χ3v) is 7.78. The Morgan fingerprint density at radius 2 is 1.56 bits per heavy atom. The molecule has 8 nitrogen and oxygen atoms in total. The molecule has 1 aliphatic rings. The highest BCUT2D eigenvalue weighted by molar-refractivity contribution is 5.70. The first-order valence-corrected chi connectivity index (χ1v) is 14.4. The molecule has 1 aromatic heterocycles. The number of anilines is 3. The molecule has 2 aromatic carbocycles. The predicted octanol–water partition coefficient (Wildman–Crippen LogP) is 6.49. The van der Waals surface area contributed by atoms with Crippen LogP contribution in [0.4, 0.5) is 43.7 Å². The third-order valence-electron chi connectivity index (χ3n) is 7.78. The molecule has 0 aliphatic carbocycles. The summed E-state index contributed by atoms with van der Waals surface area (Å²) in [5.74, 6) is -1.16. The van der Waals surface area contributed by atoms with E-state index in [2.05, 4.69) is 14.9 Å². The van der Waals surface area contributed by atoms with Crippen LogP contribution in [0.15, 0.2) is 54.9 Å². The first kappa shape index (κ1) is 33.8. The second-order valence-corrected chi connectivity index (χ2v) is 10.8. The number of rotatable bonds is 12.